The smallest absolute Gasteiger partial charge is 0.251 e. The van der Waals surface area contributed by atoms with Gasteiger partial charge in [0.1, 0.15) is 0 Å². The van der Waals surface area contributed by atoms with Gasteiger partial charge in [-0.3, -0.25) is 4.79 Å². The molecule has 0 fully saturated rings. The van der Waals surface area contributed by atoms with E-state index in [1.807, 2.05) is 47.6 Å². The van der Waals surface area contributed by atoms with Crippen LogP contribution in [0.3, 0.4) is 0 Å². The molecule has 6 heteroatoms. The number of aryl methyl sites for hydroxylation is 1. The van der Waals surface area contributed by atoms with Crippen molar-refractivity contribution < 1.29 is 4.79 Å². The van der Waals surface area contributed by atoms with Crippen LogP contribution in [0.15, 0.2) is 61.7 Å². The minimum atomic E-state index is -0.0261. The van der Waals surface area contributed by atoms with Gasteiger partial charge in [-0.15, -0.1) is 0 Å². The topological polar surface area (TPSA) is 64.7 Å². The zero-order chi connectivity index (χ0) is 16.6. The number of benzene rings is 1. The first kappa shape index (κ1) is 16.0. The second kappa shape index (κ2) is 8.10. The summed E-state index contributed by atoms with van der Waals surface area (Å²) in [6.45, 7) is 1.68. The molecule has 6 nitrogen and oxygen atoms in total. The van der Waals surface area contributed by atoms with Crippen LogP contribution < -0.4 is 5.32 Å². The van der Waals surface area contributed by atoms with Gasteiger partial charge in [0.15, 0.2) is 0 Å². The number of carbonyl (C=O) groups excluding carboxylic acids is 1. The summed E-state index contributed by atoms with van der Waals surface area (Å²) in [5.41, 5.74) is 1.67. The Kier molecular flexibility index (Phi) is 5.40. The third kappa shape index (κ3) is 4.32. The van der Waals surface area contributed by atoms with E-state index >= 15 is 0 Å². The zero-order valence-electron chi connectivity index (χ0n) is 13.5. The molecule has 0 aliphatic rings. The number of imidazole rings is 2. The molecule has 3 aromatic rings. The lowest BCUT2D eigenvalue weighted by Crippen LogP contribution is -2.24. The van der Waals surface area contributed by atoms with E-state index in [4.69, 9.17) is 0 Å². The van der Waals surface area contributed by atoms with Crippen molar-refractivity contribution in [3.63, 3.8) is 0 Å². The molecule has 24 heavy (non-hydrogen) atoms. The van der Waals surface area contributed by atoms with Crippen LogP contribution in [0.5, 0.6) is 0 Å². The minimum absolute atomic E-state index is 0.0261. The number of nitrogens with one attached hydrogen (secondary N) is 1. The average Bonchev–Trinajstić information content (AvgIpc) is 3.31. The molecule has 0 saturated heterocycles. The van der Waals surface area contributed by atoms with Gasteiger partial charge < -0.3 is 14.5 Å². The highest BCUT2D eigenvalue weighted by Crippen LogP contribution is 2.09. The molecule has 2 heterocycles. The van der Waals surface area contributed by atoms with E-state index < -0.39 is 0 Å². The SMILES string of the molecule is O=C(NCCCCCn1ccnc1)c1ccc(-n2ccnc2)cc1. The normalized spacial score (nSPS) is 10.7. The fourth-order valence-electron chi connectivity index (χ4n) is 2.52. The van der Waals surface area contributed by atoms with E-state index in [2.05, 4.69) is 19.9 Å². The first-order valence-corrected chi connectivity index (χ1v) is 8.15. The Labute approximate surface area is 141 Å². The van der Waals surface area contributed by atoms with Crippen molar-refractivity contribution >= 4 is 5.91 Å². The van der Waals surface area contributed by atoms with Crippen molar-refractivity contribution in [2.45, 2.75) is 25.8 Å². The molecular weight excluding hydrogens is 302 g/mol. The number of hydrogen-bond donors (Lipinski definition) is 1. The van der Waals surface area contributed by atoms with Crippen LogP contribution in [0.1, 0.15) is 29.6 Å². The van der Waals surface area contributed by atoms with Gasteiger partial charge in [0, 0.05) is 49.1 Å². The van der Waals surface area contributed by atoms with Gasteiger partial charge in [-0.1, -0.05) is 0 Å². The quantitative estimate of drug-likeness (QED) is 0.648. The third-order valence-electron chi connectivity index (χ3n) is 3.87. The first-order chi connectivity index (χ1) is 11.8. The molecule has 2 aromatic heterocycles. The second-order valence-corrected chi connectivity index (χ2v) is 5.63. The monoisotopic (exact) mass is 323 g/mol. The van der Waals surface area contributed by atoms with Crippen LogP contribution in [-0.4, -0.2) is 31.6 Å². The van der Waals surface area contributed by atoms with Gasteiger partial charge in [-0.2, -0.15) is 0 Å². The summed E-state index contributed by atoms with van der Waals surface area (Å²) in [5, 5.41) is 2.97. The number of aromatic nitrogens is 4. The highest BCUT2D eigenvalue weighted by molar-refractivity contribution is 5.94. The molecule has 0 bridgehead atoms. The van der Waals surface area contributed by atoms with Crippen LogP contribution in [0, 0.1) is 0 Å². The van der Waals surface area contributed by atoms with Crippen molar-refractivity contribution in [2.75, 3.05) is 6.54 Å². The standard InChI is InChI=1S/C18H21N5O/c24-18(21-8-2-1-3-11-22-12-9-19-14-22)16-4-6-17(7-5-16)23-13-10-20-15-23/h4-7,9-10,12-15H,1-3,8,11H2,(H,21,24). The van der Waals surface area contributed by atoms with Gasteiger partial charge in [0.05, 0.1) is 12.7 Å². The van der Waals surface area contributed by atoms with Crippen LogP contribution in [0.4, 0.5) is 0 Å². The van der Waals surface area contributed by atoms with E-state index in [1.54, 1.807) is 18.7 Å². The third-order valence-corrected chi connectivity index (χ3v) is 3.87. The number of nitrogens with zero attached hydrogens (tertiary/aromatic N) is 4. The van der Waals surface area contributed by atoms with Gasteiger partial charge in [0.25, 0.3) is 5.91 Å². The number of carbonyl (C=O) groups is 1. The van der Waals surface area contributed by atoms with Crippen molar-refractivity contribution in [1.29, 1.82) is 0 Å². The molecule has 0 radical (unpaired) electrons. The number of rotatable bonds is 8. The Morgan fingerprint density at radius 3 is 2.46 bits per heavy atom. The Balaban J connectivity index is 1.37. The molecule has 1 aromatic carbocycles. The lowest BCUT2D eigenvalue weighted by Gasteiger charge is -2.07. The van der Waals surface area contributed by atoms with Crippen molar-refractivity contribution in [1.82, 2.24) is 24.4 Å². The van der Waals surface area contributed by atoms with Crippen molar-refractivity contribution in [3.8, 4) is 5.69 Å². The van der Waals surface area contributed by atoms with Gasteiger partial charge in [-0.05, 0) is 43.5 Å². The fourth-order valence-corrected chi connectivity index (χ4v) is 2.52. The number of unbranched alkanes of at least 4 members (excludes halogenated alkanes) is 2. The summed E-state index contributed by atoms with van der Waals surface area (Å²) >= 11 is 0. The molecule has 124 valence electrons. The lowest BCUT2D eigenvalue weighted by atomic mass is 10.2. The second-order valence-electron chi connectivity index (χ2n) is 5.63. The highest BCUT2D eigenvalue weighted by Gasteiger charge is 2.05. The summed E-state index contributed by atoms with van der Waals surface area (Å²) in [5.74, 6) is -0.0261. The average molecular weight is 323 g/mol. The molecule has 0 spiro atoms. The molecule has 0 aliphatic heterocycles. The summed E-state index contributed by atoms with van der Waals surface area (Å²) in [6.07, 6.45) is 14.1. The van der Waals surface area contributed by atoms with Crippen molar-refractivity contribution in [2.24, 2.45) is 0 Å². The predicted octanol–water partition coefficient (Wildman–Crippen LogP) is 2.67. The summed E-state index contributed by atoms with van der Waals surface area (Å²) in [7, 11) is 0. The maximum Gasteiger partial charge on any atom is 0.251 e. The zero-order valence-corrected chi connectivity index (χ0v) is 13.5. The molecule has 3 rings (SSSR count). The van der Waals surface area contributed by atoms with Crippen molar-refractivity contribution in [3.05, 3.63) is 67.3 Å². The van der Waals surface area contributed by atoms with E-state index in [0.717, 1.165) is 31.5 Å². The van der Waals surface area contributed by atoms with E-state index in [1.165, 1.54) is 0 Å². The Morgan fingerprint density at radius 1 is 0.958 bits per heavy atom. The molecular formula is C18H21N5O. The first-order valence-electron chi connectivity index (χ1n) is 8.15. The number of amides is 1. The summed E-state index contributed by atoms with van der Waals surface area (Å²) in [6, 6.07) is 7.51. The molecule has 0 unspecified atom stereocenters. The van der Waals surface area contributed by atoms with Crippen LogP contribution in [-0.2, 0) is 6.54 Å². The maximum absolute atomic E-state index is 12.1. The van der Waals surface area contributed by atoms with Crippen LogP contribution in [0.25, 0.3) is 5.69 Å². The Morgan fingerprint density at radius 2 is 1.75 bits per heavy atom. The Hall–Kier alpha value is -2.89. The largest absolute Gasteiger partial charge is 0.352 e. The Bertz CT molecular complexity index is 732. The fraction of sp³-hybridized carbons (Fsp3) is 0.278. The molecule has 1 N–H and O–H groups in total. The van der Waals surface area contributed by atoms with Gasteiger partial charge in [-0.25, -0.2) is 9.97 Å². The van der Waals surface area contributed by atoms with Gasteiger partial charge in [0.2, 0.25) is 0 Å². The summed E-state index contributed by atoms with van der Waals surface area (Å²) in [4.78, 5) is 20.2. The van der Waals surface area contributed by atoms with E-state index in [0.29, 0.717) is 12.1 Å². The van der Waals surface area contributed by atoms with Gasteiger partial charge >= 0.3 is 0 Å². The summed E-state index contributed by atoms with van der Waals surface area (Å²) < 4.78 is 3.97. The van der Waals surface area contributed by atoms with Crippen LogP contribution in [0.2, 0.25) is 0 Å². The minimum Gasteiger partial charge on any atom is -0.352 e. The predicted molar refractivity (Wildman–Crippen MR) is 92.0 cm³/mol. The molecule has 1 amide bonds. The highest BCUT2D eigenvalue weighted by atomic mass is 16.1. The number of hydrogen-bond acceptors (Lipinski definition) is 3. The molecule has 0 aliphatic carbocycles. The maximum atomic E-state index is 12.1. The molecule has 0 saturated carbocycles. The van der Waals surface area contributed by atoms with Crippen LogP contribution >= 0.6 is 0 Å². The molecule has 0 atom stereocenters. The lowest BCUT2D eigenvalue weighted by molar-refractivity contribution is 0.0953. The van der Waals surface area contributed by atoms with E-state index in [-0.39, 0.29) is 5.91 Å². The van der Waals surface area contributed by atoms with E-state index in [9.17, 15) is 4.79 Å².